The second-order valence-electron chi connectivity index (χ2n) is 5.67. The Kier molecular flexibility index (Phi) is 6.75. The van der Waals surface area contributed by atoms with E-state index in [0.717, 1.165) is 19.4 Å². The molecule has 0 aromatic heterocycles. The van der Waals surface area contributed by atoms with Crippen molar-refractivity contribution < 1.29 is 14.6 Å². The summed E-state index contributed by atoms with van der Waals surface area (Å²) >= 11 is 0. The molecular weight excluding hydrogens is 244 g/mol. The summed E-state index contributed by atoms with van der Waals surface area (Å²) in [5, 5.41) is 16.2. The topological polar surface area (TPSA) is 70.6 Å². The maximum Gasteiger partial charge on any atom is 0.227 e. The fraction of sp³-hybridized carbons (Fsp3) is 0.929. The SMILES string of the molecule is CCCNC1COCC1C(=O)NCC(C)(O)CCC. The molecule has 5 heteroatoms. The lowest BCUT2D eigenvalue weighted by Gasteiger charge is -2.25. The minimum Gasteiger partial charge on any atom is -0.388 e. The van der Waals surface area contributed by atoms with Gasteiger partial charge in [-0.15, -0.1) is 0 Å². The van der Waals surface area contributed by atoms with Crippen molar-refractivity contribution in [2.24, 2.45) is 5.92 Å². The smallest absolute Gasteiger partial charge is 0.227 e. The summed E-state index contributed by atoms with van der Waals surface area (Å²) < 4.78 is 5.38. The van der Waals surface area contributed by atoms with E-state index in [-0.39, 0.29) is 17.9 Å². The number of hydrogen-bond acceptors (Lipinski definition) is 4. The average Bonchev–Trinajstić information content (AvgIpc) is 2.82. The van der Waals surface area contributed by atoms with Crippen LogP contribution in [-0.2, 0) is 9.53 Å². The van der Waals surface area contributed by atoms with Gasteiger partial charge in [-0.2, -0.15) is 0 Å². The van der Waals surface area contributed by atoms with Crippen LogP contribution in [0.25, 0.3) is 0 Å². The molecule has 1 amide bonds. The quantitative estimate of drug-likeness (QED) is 0.607. The molecule has 0 aromatic carbocycles. The van der Waals surface area contributed by atoms with Gasteiger partial charge < -0.3 is 20.5 Å². The highest BCUT2D eigenvalue weighted by atomic mass is 16.5. The Morgan fingerprint density at radius 2 is 2.11 bits per heavy atom. The molecule has 19 heavy (non-hydrogen) atoms. The molecule has 0 aliphatic carbocycles. The summed E-state index contributed by atoms with van der Waals surface area (Å²) in [5.74, 6) is -0.175. The van der Waals surface area contributed by atoms with E-state index < -0.39 is 5.60 Å². The summed E-state index contributed by atoms with van der Waals surface area (Å²) in [6.07, 6.45) is 2.62. The van der Waals surface area contributed by atoms with Gasteiger partial charge in [0.15, 0.2) is 0 Å². The monoisotopic (exact) mass is 272 g/mol. The van der Waals surface area contributed by atoms with Crippen molar-refractivity contribution in [3.63, 3.8) is 0 Å². The number of nitrogens with one attached hydrogen (secondary N) is 2. The van der Waals surface area contributed by atoms with Crippen LogP contribution in [0.15, 0.2) is 0 Å². The van der Waals surface area contributed by atoms with E-state index in [1.165, 1.54) is 0 Å². The third kappa shape index (κ3) is 5.47. The van der Waals surface area contributed by atoms with Crippen LogP contribution in [-0.4, -0.2) is 49.0 Å². The summed E-state index contributed by atoms with van der Waals surface area (Å²) in [6.45, 7) is 8.12. The van der Waals surface area contributed by atoms with Gasteiger partial charge in [-0.05, 0) is 26.3 Å². The molecule has 112 valence electrons. The second-order valence-corrected chi connectivity index (χ2v) is 5.67. The first-order valence-electron chi connectivity index (χ1n) is 7.31. The van der Waals surface area contributed by atoms with Crippen molar-refractivity contribution in [2.75, 3.05) is 26.3 Å². The first-order chi connectivity index (χ1) is 9.00. The van der Waals surface area contributed by atoms with E-state index >= 15 is 0 Å². The minimum atomic E-state index is -0.823. The molecule has 0 saturated carbocycles. The van der Waals surface area contributed by atoms with Crippen LogP contribution in [0.3, 0.4) is 0 Å². The fourth-order valence-electron chi connectivity index (χ4n) is 2.38. The van der Waals surface area contributed by atoms with E-state index in [4.69, 9.17) is 4.74 Å². The molecule has 1 rings (SSSR count). The maximum atomic E-state index is 12.1. The predicted molar refractivity (Wildman–Crippen MR) is 74.9 cm³/mol. The van der Waals surface area contributed by atoms with Crippen molar-refractivity contribution in [2.45, 2.75) is 51.7 Å². The Morgan fingerprint density at radius 1 is 1.37 bits per heavy atom. The summed E-state index contributed by atoms with van der Waals surface area (Å²) in [5.41, 5.74) is -0.823. The lowest BCUT2D eigenvalue weighted by molar-refractivity contribution is -0.126. The van der Waals surface area contributed by atoms with Crippen LogP contribution in [0.2, 0.25) is 0 Å². The van der Waals surface area contributed by atoms with Crippen molar-refractivity contribution in [3.05, 3.63) is 0 Å². The Morgan fingerprint density at radius 3 is 2.74 bits per heavy atom. The Bertz CT molecular complexity index is 282. The molecule has 1 aliphatic rings. The van der Waals surface area contributed by atoms with Gasteiger partial charge in [0, 0.05) is 12.6 Å². The molecule has 0 radical (unpaired) electrons. The molecule has 3 N–H and O–H groups in total. The normalized spacial score (nSPS) is 26.1. The summed E-state index contributed by atoms with van der Waals surface area (Å²) in [6, 6.07) is 0.0936. The van der Waals surface area contributed by atoms with Gasteiger partial charge in [-0.3, -0.25) is 4.79 Å². The lowest BCUT2D eigenvalue weighted by atomic mass is 9.99. The van der Waals surface area contributed by atoms with Gasteiger partial charge in [-0.25, -0.2) is 0 Å². The third-order valence-electron chi connectivity index (χ3n) is 3.51. The van der Waals surface area contributed by atoms with E-state index in [1.807, 2.05) is 6.92 Å². The molecule has 1 saturated heterocycles. The molecule has 3 unspecified atom stereocenters. The van der Waals surface area contributed by atoms with Crippen molar-refractivity contribution in [3.8, 4) is 0 Å². The molecule has 0 spiro atoms. The zero-order valence-corrected chi connectivity index (χ0v) is 12.4. The highest BCUT2D eigenvalue weighted by molar-refractivity contribution is 5.79. The number of amides is 1. The zero-order chi connectivity index (χ0) is 14.3. The summed E-state index contributed by atoms with van der Waals surface area (Å²) in [7, 11) is 0. The average molecular weight is 272 g/mol. The number of rotatable bonds is 8. The largest absolute Gasteiger partial charge is 0.388 e. The van der Waals surface area contributed by atoms with Crippen LogP contribution in [0, 0.1) is 5.92 Å². The molecule has 1 fully saturated rings. The molecular formula is C14H28N2O3. The van der Waals surface area contributed by atoms with Crippen LogP contribution in [0.5, 0.6) is 0 Å². The summed E-state index contributed by atoms with van der Waals surface area (Å²) in [4.78, 5) is 12.1. The number of hydrogen-bond donors (Lipinski definition) is 3. The highest BCUT2D eigenvalue weighted by Gasteiger charge is 2.34. The van der Waals surface area contributed by atoms with E-state index in [9.17, 15) is 9.90 Å². The Balaban J connectivity index is 2.39. The maximum absolute atomic E-state index is 12.1. The van der Waals surface area contributed by atoms with E-state index in [2.05, 4.69) is 17.6 Å². The molecule has 1 aliphatic heterocycles. The zero-order valence-electron chi connectivity index (χ0n) is 12.4. The van der Waals surface area contributed by atoms with Crippen molar-refractivity contribution >= 4 is 5.91 Å². The predicted octanol–water partition coefficient (Wildman–Crippen LogP) is 0.668. The molecule has 5 nitrogen and oxygen atoms in total. The van der Waals surface area contributed by atoms with Gasteiger partial charge in [0.1, 0.15) is 0 Å². The number of aliphatic hydroxyl groups is 1. The highest BCUT2D eigenvalue weighted by Crippen LogP contribution is 2.15. The number of carbonyl (C=O) groups excluding carboxylic acids is 1. The number of ether oxygens (including phenoxy) is 1. The molecule has 3 atom stereocenters. The molecule has 1 heterocycles. The molecule has 0 bridgehead atoms. The number of carbonyl (C=O) groups is 1. The second kappa shape index (κ2) is 7.82. The van der Waals surface area contributed by atoms with Gasteiger partial charge in [-0.1, -0.05) is 20.3 Å². The van der Waals surface area contributed by atoms with Gasteiger partial charge in [0.2, 0.25) is 5.91 Å². The van der Waals surface area contributed by atoms with Crippen LogP contribution < -0.4 is 10.6 Å². The fourth-order valence-corrected chi connectivity index (χ4v) is 2.38. The minimum absolute atomic E-state index is 0.0255. The van der Waals surface area contributed by atoms with Gasteiger partial charge >= 0.3 is 0 Å². The van der Waals surface area contributed by atoms with Crippen LogP contribution in [0.4, 0.5) is 0 Å². The standard InChI is InChI=1S/C14H28N2O3/c1-4-6-14(3,18)10-16-13(17)11-8-19-9-12(11)15-7-5-2/h11-12,15,18H,4-10H2,1-3H3,(H,16,17). The third-order valence-corrected chi connectivity index (χ3v) is 3.51. The van der Waals surface area contributed by atoms with Crippen molar-refractivity contribution in [1.29, 1.82) is 0 Å². The van der Waals surface area contributed by atoms with E-state index in [0.29, 0.717) is 26.2 Å². The lowest BCUT2D eigenvalue weighted by Crippen LogP contribution is -2.48. The first kappa shape index (κ1) is 16.4. The van der Waals surface area contributed by atoms with Crippen LogP contribution in [0.1, 0.15) is 40.0 Å². The Hall–Kier alpha value is -0.650. The van der Waals surface area contributed by atoms with Gasteiger partial charge in [0.25, 0.3) is 0 Å². The van der Waals surface area contributed by atoms with E-state index in [1.54, 1.807) is 6.92 Å². The van der Waals surface area contributed by atoms with Crippen LogP contribution >= 0.6 is 0 Å². The molecule has 0 aromatic rings. The Labute approximate surface area is 116 Å². The van der Waals surface area contributed by atoms with Crippen molar-refractivity contribution in [1.82, 2.24) is 10.6 Å². The van der Waals surface area contributed by atoms with Gasteiger partial charge in [0.05, 0.1) is 24.7 Å². The first-order valence-corrected chi connectivity index (χ1v) is 7.31.